The monoisotopic (exact) mass is 175 g/mol. The summed E-state index contributed by atoms with van der Waals surface area (Å²) in [6.07, 6.45) is 1.25. The van der Waals surface area contributed by atoms with Crippen LogP contribution in [-0.2, 0) is 0 Å². The molecule has 0 spiro atoms. The molecule has 68 valence electrons. The first-order valence-corrected chi connectivity index (χ1v) is 3.95. The largest absolute Gasteiger partial charge is 0.399 e. The molecule has 0 aliphatic rings. The van der Waals surface area contributed by atoms with Crippen molar-refractivity contribution >= 4 is 17.7 Å². The van der Waals surface area contributed by atoms with Gasteiger partial charge in [0.25, 0.3) is 0 Å². The van der Waals surface area contributed by atoms with Gasteiger partial charge in [0.1, 0.15) is 0 Å². The van der Waals surface area contributed by atoms with Gasteiger partial charge in [-0.2, -0.15) is 0 Å². The van der Waals surface area contributed by atoms with Crippen LogP contribution in [0.1, 0.15) is 11.1 Å². The highest BCUT2D eigenvalue weighted by Crippen LogP contribution is 2.23. The Morgan fingerprint density at radius 3 is 2.77 bits per heavy atom. The zero-order chi connectivity index (χ0) is 9.84. The van der Waals surface area contributed by atoms with Gasteiger partial charge in [0.05, 0.1) is 12.0 Å². The quantitative estimate of drug-likeness (QED) is 0.529. The third kappa shape index (κ3) is 2.08. The average molecular weight is 175 g/mol. The molecule has 0 saturated heterocycles. The van der Waals surface area contributed by atoms with Crippen LogP contribution in [-0.4, -0.2) is 6.34 Å². The summed E-state index contributed by atoms with van der Waals surface area (Å²) in [4.78, 5) is 3.98. The molecule has 0 atom stereocenters. The summed E-state index contributed by atoms with van der Waals surface area (Å²) < 4.78 is 0. The van der Waals surface area contributed by atoms with Crippen LogP contribution in [0.4, 0.5) is 5.69 Å². The second-order valence-corrected chi connectivity index (χ2v) is 2.82. The van der Waals surface area contributed by atoms with Crippen LogP contribution >= 0.6 is 0 Å². The van der Waals surface area contributed by atoms with E-state index in [1.54, 1.807) is 0 Å². The maximum absolute atomic E-state index is 5.60. The zero-order valence-corrected chi connectivity index (χ0v) is 7.62. The van der Waals surface area contributed by atoms with E-state index < -0.39 is 0 Å². The maximum Gasteiger partial charge on any atom is 0.0860 e. The van der Waals surface area contributed by atoms with Gasteiger partial charge in [-0.25, -0.2) is 4.99 Å². The number of nitrogens with zero attached hydrogens (tertiary/aromatic N) is 1. The molecular formula is C10H13N3. The van der Waals surface area contributed by atoms with E-state index in [9.17, 15) is 0 Å². The smallest absolute Gasteiger partial charge is 0.0860 e. The van der Waals surface area contributed by atoms with Crippen molar-refractivity contribution in [1.29, 1.82) is 0 Å². The summed E-state index contributed by atoms with van der Waals surface area (Å²) in [7, 11) is 0. The van der Waals surface area contributed by atoms with Gasteiger partial charge in [-0.15, -0.1) is 0 Å². The van der Waals surface area contributed by atoms with Crippen molar-refractivity contribution in [3.8, 4) is 0 Å². The Hall–Kier alpha value is -1.77. The third-order valence-electron chi connectivity index (χ3n) is 1.71. The minimum atomic E-state index is 0.504. The molecule has 0 bridgehead atoms. The van der Waals surface area contributed by atoms with Crippen molar-refractivity contribution in [2.24, 2.45) is 16.5 Å². The fourth-order valence-electron chi connectivity index (χ4n) is 1.10. The predicted molar refractivity (Wildman–Crippen MR) is 56.7 cm³/mol. The summed E-state index contributed by atoms with van der Waals surface area (Å²) in [5.74, 6) is 0. The van der Waals surface area contributed by atoms with Crippen LogP contribution in [0, 0.1) is 6.92 Å². The molecule has 0 aromatic heterocycles. The van der Waals surface area contributed by atoms with Gasteiger partial charge in [0.15, 0.2) is 0 Å². The number of hydrogen-bond donors (Lipinski definition) is 2. The van der Waals surface area contributed by atoms with Crippen molar-refractivity contribution < 1.29 is 0 Å². The average Bonchev–Trinajstić information content (AvgIpc) is 2.08. The van der Waals surface area contributed by atoms with Gasteiger partial charge < -0.3 is 11.5 Å². The molecule has 4 N–H and O–H groups in total. The molecule has 0 aliphatic carbocycles. The van der Waals surface area contributed by atoms with E-state index in [4.69, 9.17) is 11.5 Å². The first-order valence-electron chi connectivity index (χ1n) is 3.95. The number of nitrogens with two attached hydrogens (primary N) is 2. The Bertz CT molecular complexity index is 353. The van der Waals surface area contributed by atoms with Gasteiger partial charge in [-0.1, -0.05) is 18.2 Å². The van der Waals surface area contributed by atoms with Crippen molar-refractivity contribution in [2.75, 3.05) is 0 Å². The molecule has 1 aromatic carbocycles. The van der Waals surface area contributed by atoms with Crippen molar-refractivity contribution in [1.82, 2.24) is 0 Å². The SMILES string of the molecule is C=C(N)c1cc(C)ccc1N=CN. The van der Waals surface area contributed by atoms with E-state index in [1.807, 2.05) is 25.1 Å². The van der Waals surface area contributed by atoms with Crippen molar-refractivity contribution in [3.63, 3.8) is 0 Å². The minimum Gasteiger partial charge on any atom is -0.399 e. The number of benzene rings is 1. The van der Waals surface area contributed by atoms with Crippen LogP contribution < -0.4 is 11.5 Å². The highest BCUT2D eigenvalue weighted by atomic mass is 14.8. The Morgan fingerprint density at radius 1 is 1.54 bits per heavy atom. The molecule has 0 saturated carbocycles. The number of rotatable bonds is 2. The second kappa shape index (κ2) is 3.76. The fraction of sp³-hybridized carbons (Fsp3) is 0.100. The lowest BCUT2D eigenvalue weighted by molar-refractivity contribution is 1.39. The van der Waals surface area contributed by atoms with Crippen molar-refractivity contribution in [2.45, 2.75) is 6.92 Å². The molecule has 0 fully saturated rings. The molecule has 3 nitrogen and oxygen atoms in total. The zero-order valence-electron chi connectivity index (χ0n) is 7.62. The summed E-state index contributed by atoms with van der Waals surface area (Å²) in [5, 5.41) is 0. The van der Waals surface area contributed by atoms with E-state index in [2.05, 4.69) is 11.6 Å². The van der Waals surface area contributed by atoms with Crippen LogP contribution in [0.5, 0.6) is 0 Å². The molecule has 1 rings (SSSR count). The van der Waals surface area contributed by atoms with E-state index in [1.165, 1.54) is 6.34 Å². The molecule has 0 heterocycles. The van der Waals surface area contributed by atoms with Crippen LogP contribution in [0.3, 0.4) is 0 Å². The van der Waals surface area contributed by atoms with Crippen LogP contribution in [0.2, 0.25) is 0 Å². The fourth-order valence-corrected chi connectivity index (χ4v) is 1.10. The summed E-state index contributed by atoms with van der Waals surface area (Å²) in [5.41, 5.74) is 14.0. The predicted octanol–water partition coefficient (Wildman–Crippen LogP) is 1.54. The summed E-state index contributed by atoms with van der Waals surface area (Å²) in [6, 6.07) is 5.76. The highest BCUT2D eigenvalue weighted by Gasteiger charge is 2.01. The topological polar surface area (TPSA) is 64.4 Å². The lowest BCUT2D eigenvalue weighted by Crippen LogP contribution is -1.96. The van der Waals surface area contributed by atoms with Gasteiger partial charge in [0.2, 0.25) is 0 Å². The highest BCUT2D eigenvalue weighted by molar-refractivity contribution is 5.74. The van der Waals surface area contributed by atoms with E-state index in [0.717, 1.165) is 16.8 Å². The lowest BCUT2D eigenvalue weighted by Gasteiger charge is -2.05. The molecule has 0 radical (unpaired) electrons. The van der Waals surface area contributed by atoms with E-state index in [0.29, 0.717) is 5.70 Å². The first-order chi connectivity index (χ1) is 6.15. The van der Waals surface area contributed by atoms with Crippen LogP contribution in [0.25, 0.3) is 5.70 Å². The second-order valence-electron chi connectivity index (χ2n) is 2.82. The number of hydrogen-bond acceptors (Lipinski definition) is 2. The van der Waals surface area contributed by atoms with Crippen LogP contribution in [0.15, 0.2) is 29.8 Å². The third-order valence-corrected chi connectivity index (χ3v) is 1.71. The Labute approximate surface area is 77.8 Å². The van der Waals surface area contributed by atoms with E-state index in [-0.39, 0.29) is 0 Å². The van der Waals surface area contributed by atoms with Gasteiger partial charge in [-0.3, -0.25) is 0 Å². The normalized spacial score (nSPS) is 10.5. The van der Waals surface area contributed by atoms with Gasteiger partial charge in [0, 0.05) is 11.3 Å². The molecule has 0 amide bonds. The van der Waals surface area contributed by atoms with Gasteiger partial charge in [-0.05, 0) is 19.1 Å². The Morgan fingerprint density at radius 2 is 2.23 bits per heavy atom. The maximum atomic E-state index is 5.60. The molecule has 0 aliphatic heterocycles. The molecule has 0 unspecified atom stereocenters. The Balaban J connectivity index is 3.26. The summed E-state index contributed by atoms with van der Waals surface area (Å²) in [6.45, 7) is 5.66. The minimum absolute atomic E-state index is 0.504. The lowest BCUT2D eigenvalue weighted by atomic mass is 10.1. The first kappa shape index (κ1) is 9.32. The standard InChI is InChI=1S/C10H13N3/c1-7-3-4-10(13-6-11)9(5-7)8(2)12/h3-6H,2,12H2,1H3,(H2,11,13). The Kier molecular flexibility index (Phi) is 2.69. The number of aliphatic imine (C=N–C) groups is 1. The summed E-state index contributed by atoms with van der Waals surface area (Å²) >= 11 is 0. The molecule has 1 aromatic rings. The van der Waals surface area contributed by atoms with Gasteiger partial charge >= 0.3 is 0 Å². The molecule has 13 heavy (non-hydrogen) atoms. The van der Waals surface area contributed by atoms with Crippen molar-refractivity contribution in [3.05, 3.63) is 35.9 Å². The van der Waals surface area contributed by atoms with E-state index >= 15 is 0 Å². The number of aryl methyl sites for hydroxylation is 1. The molecule has 3 heteroatoms. The molecular weight excluding hydrogens is 162 g/mol.